The molecule has 0 spiro atoms. The van der Waals surface area contributed by atoms with Crippen LogP contribution in [0, 0.1) is 0 Å². The minimum absolute atomic E-state index is 0.191. The maximum absolute atomic E-state index is 12.3. The fraction of sp³-hybridized carbons (Fsp3) is 0.176. The number of carbonyl (C=O) groups excluding carboxylic acids is 2. The van der Waals surface area contributed by atoms with Crippen LogP contribution in [0.15, 0.2) is 42.5 Å². The van der Waals surface area contributed by atoms with Gasteiger partial charge in [0, 0.05) is 19.5 Å². The van der Waals surface area contributed by atoms with Crippen LogP contribution in [0.2, 0.25) is 0 Å². The van der Waals surface area contributed by atoms with Gasteiger partial charge in [-0.2, -0.15) is 5.10 Å². The number of nitrogens with zero attached hydrogens (tertiary/aromatic N) is 3. The summed E-state index contributed by atoms with van der Waals surface area (Å²) in [5.74, 6) is -0.684. The number of rotatable bonds is 4. The molecule has 24 heavy (non-hydrogen) atoms. The van der Waals surface area contributed by atoms with Gasteiger partial charge in [-0.1, -0.05) is 24.3 Å². The monoisotopic (exact) mass is 323 g/mol. The van der Waals surface area contributed by atoms with Crippen LogP contribution in [0.5, 0.6) is 0 Å². The predicted molar refractivity (Wildman–Crippen MR) is 89.5 cm³/mol. The Bertz CT molecular complexity index is 916. The molecule has 0 aliphatic rings. The van der Waals surface area contributed by atoms with Gasteiger partial charge in [-0.3, -0.25) is 14.3 Å². The molecule has 0 aliphatic carbocycles. The van der Waals surface area contributed by atoms with Crippen LogP contribution in [0.4, 0.5) is 0 Å². The standard InChI is InChI=1S/C17H17N5O2/c1-18-16(23)12-7-5-8-13(20-12)17(24)19-10-14-11-6-3-4-9-15(11)22(2)21-14/h3-9H,10H2,1-2H3,(H,18,23)(H,19,24). The topological polar surface area (TPSA) is 88.9 Å². The quantitative estimate of drug-likeness (QED) is 0.756. The number of hydrogen-bond donors (Lipinski definition) is 2. The smallest absolute Gasteiger partial charge is 0.270 e. The molecule has 7 heteroatoms. The Hall–Kier alpha value is -3.22. The van der Waals surface area contributed by atoms with Crippen LogP contribution in [-0.4, -0.2) is 33.6 Å². The highest BCUT2D eigenvalue weighted by molar-refractivity contribution is 5.96. The summed E-state index contributed by atoms with van der Waals surface area (Å²) in [5.41, 5.74) is 2.18. The van der Waals surface area contributed by atoms with Gasteiger partial charge in [-0.05, 0) is 18.2 Å². The van der Waals surface area contributed by atoms with Crippen molar-refractivity contribution in [1.29, 1.82) is 0 Å². The lowest BCUT2D eigenvalue weighted by Crippen LogP contribution is -2.26. The molecule has 122 valence electrons. The maximum atomic E-state index is 12.3. The van der Waals surface area contributed by atoms with Crippen LogP contribution in [0.1, 0.15) is 26.7 Å². The molecule has 3 rings (SSSR count). The van der Waals surface area contributed by atoms with E-state index < -0.39 is 0 Å². The van der Waals surface area contributed by atoms with E-state index in [-0.39, 0.29) is 29.7 Å². The largest absolute Gasteiger partial charge is 0.354 e. The molecular formula is C17H17N5O2. The Morgan fingerprint density at radius 3 is 2.50 bits per heavy atom. The highest BCUT2D eigenvalue weighted by Crippen LogP contribution is 2.17. The first-order chi connectivity index (χ1) is 11.6. The molecule has 2 N–H and O–H groups in total. The van der Waals surface area contributed by atoms with Crippen molar-refractivity contribution in [3.63, 3.8) is 0 Å². The SMILES string of the molecule is CNC(=O)c1cccc(C(=O)NCc2nn(C)c3ccccc23)n1. The van der Waals surface area contributed by atoms with Gasteiger partial charge in [0.1, 0.15) is 11.4 Å². The van der Waals surface area contributed by atoms with Crippen molar-refractivity contribution < 1.29 is 9.59 Å². The molecular weight excluding hydrogens is 306 g/mol. The zero-order valence-corrected chi connectivity index (χ0v) is 13.4. The van der Waals surface area contributed by atoms with E-state index in [0.717, 1.165) is 16.6 Å². The number of fused-ring (bicyclic) bond motifs is 1. The van der Waals surface area contributed by atoms with Gasteiger partial charge < -0.3 is 10.6 Å². The third kappa shape index (κ3) is 2.96. The van der Waals surface area contributed by atoms with Crippen LogP contribution in [-0.2, 0) is 13.6 Å². The molecule has 2 amide bonds. The molecule has 0 saturated carbocycles. The molecule has 1 aromatic carbocycles. The number of aryl methyl sites for hydroxylation is 1. The summed E-state index contributed by atoms with van der Waals surface area (Å²) in [5, 5.41) is 10.7. The Morgan fingerprint density at radius 2 is 1.75 bits per heavy atom. The lowest BCUT2D eigenvalue weighted by atomic mass is 10.2. The fourth-order valence-corrected chi connectivity index (χ4v) is 2.49. The van der Waals surface area contributed by atoms with Gasteiger partial charge >= 0.3 is 0 Å². The lowest BCUT2D eigenvalue weighted by molar-refractivity contribution is 0.0944. The average molecular weight is 323 g/mol. The zero-order chi connectivity index (χ0) is 17.1. The van der Waals surface area contributed by atoms with Crippen molar-refractivity contribution in [3.8, 4) is 0 Å². The van der Waals surface area contributed by atoms with E-state index in [1.54, 1.807) is 22.9 Å². The second-order valence-electron chi connectivity index (χ2n) is 5.26. The normalized spacial score (nSPS) is 10.6. The van der Waals surface area contributed by atoms with Gasteiger partial charge in [-0.15, -0.1) is 0 Å². The number of benzene rings is 1. The van der Waals surface area contributed by atoms with E-state index in [1.165, 1.54) is 7.05 Å². The fourth-order valence-electron chi connectivity index (χ4n) is 2.49. The summed E-state index contributed by atoms with van der Waals surface area (Å²) in [7, 11) is 3.38. The first-order valence-corrected chi connectivity index (χ1v) is 7.48. The molecule has 0 saturated heterocycles. The minimum atomic E-state index is -0.351. The van der Waals surface area contributed by atoms with Gasteiger partial charge in [0.05, 0.1) is 17.8 Å². The molecule has 2 aromatic heterocycles. The molecule has 0 fully saturated rings. The van der Waals surface area contributed by atoms with E-state index >= 15 is 0 Å². The molecule has 0 unspecified atom stereocenters. The average Bonchev–Trinajstić information content (AvgIpc) is 2.95. The Morgan fingerprint density at radius 1 is 1.04 bits per heavy atom. The van der Waals surface area contributed by atoms with Gasteiger partial charge in [0.25, 0.3) is 11.8 Å². The number of aromatic nitrogens is 3. The third-order valence-corrected chi connectivity index (χ3v) is 3.69. The van der Waals surface area contributed by atoms with Crippen LogP contribution >= 0.6 is 0 Å². The van der Waals surface area contributed by atoms with Crippen molar-refractivity contribution in [2.75, 3.05) is 7.05 Å². The van der Waals surface area contributed by atoms with E-state index in [4.69, 9.17) is 0 Å². The van der Waals surface area contributed by atoms with Crippen LogP contribution in [0.3, 0.4) is 0 Å². The van der Waals surface area contributed by atoms with Crippen LogP contribution < -0.4 is 10.6 Å². The summed E-state index contributed by atoms with van der Waals surface area (Å²) in [4.78, 5) is 28.0. The first-order valence-electron chi connectivity index (χ1n) is 7.48. The van der Waals surface area contributed by atoms with Crippen molar-refractivity contribution in [2.24, 2.45) is 7.05 Å². The summed E-state index contributed by atoms with van der Waals surface area (Å²) in [6.45, 7) is 0.284. The van der Waals surface area contributed by atoms with E-state index in [1.807, 2.05) is 31.3 Å². The third-order valence-electron chi connectivity index (χ3n) is 3.69. The van der Waals surface area contributed by atoms with E-state index in [2.05, 4.69) is 20.7 Å². The first kappa shape index (κ1) is 15.7. The molecule has 0 atom stereocenters. The van der Waals surface area contributed by atoms with Crippen LogP contribution in [0.25, 0.3) is 10.9 Å². The Labute approximate surface area is 138 Å². The van der Waals surface area contributed by atoms with Crippen molar-refractivity contribution in [3.05, 3.63) is 59.5 Å². The number of pyridine rings is 1. The van der Waals surface area contributed by atoms with Gasteiger partial charge in [0.2, 0.25) is 0 Å². The highest BCUT2D eigenvalue weighted by atomic mass is 16.2. The molecule has 7 nitrogen and oxygen atoms in total. The van der Waals surface area contributed by atoms with Crippen molar-refractivity contribution >= 4 is 22.7 Å². The van der Waals surface area contributed by atoms with E-state index in [0.29, 0.717) is 0 Å². The molecule has 2 heterocycles. The minimum Gasteiger partial charge on any atom is -0.354 e. The molecule has 0 bridgehead atoms. The number of amides is 2. The Balaban J connectivity index is 1.77. The summed E-state index contributed by atoms with van der Waals surface area (Å²) in [6.07, 6.45) is 0. The highest BCUT2D eigenvalue weighted by Gasteiger charge is 2.13. The Kier molecular flexibility index (Phi) is 4.24. The van der Waals surface area contributed by atoms with Gasteiger partial charge in [0.15, 0.2) is 0 Å². The number of hydrogen-bond acceptors (Lipinski definition) is 4. The lowest BCUT2D eigenvalue weighted by Gasteiger charge is -2.05. The second kappa shape index (κ2) is 6.49. The number of carbonyl (C=O) groups is 2. The summed E-state index contributed by atoms with van der Waals surface area (Å²) < 4.78 is 1.78. The second-order valence-corrected chi connectivity index (χ2v) is 5.26. The molecule has 0 aliphatic heterocycles. The van der Waals surface area contributed by atoms with Crippen molar-refractivity contribution in [2.45, 2.75) is 6.54 Å². The van der Waals surface area contributed by atoms with E-state index in [9.17, 15) is 9.59 Å². The predicted octanol–water partition coefficient (Wildman–Crippen LogP) is 1.26. The molecule has 0 radical (unpaired) electrons. The zero-order valence-electron chi connectivity index (χ0n) is 13.4. The summed E-state index contributed by atoms with van der Waals surface area (Å²) >= 11 is 0. The van der Waals surface area contributed by atoms with Crippen molar-refractivity contribution in [1.82, 2.24) is 25.4 Å². The number of para-hydroxylation sites is 1. The maximum Gasteiger partial charge on any atom is 0.270 e. The summed E-state index contributed by atoms with van der Waals surface area (Å²) in [6, 6.07) is 12.6. The number of nitrogens with one attached hydrogen (secondary N) is 2. The molecule has 3 aromatic rings. The van der Waals surface area contributed by atoms with Gasteiger partial charge in [-0.25, -0.2) is 4.98 Å².